The first-order valence-electron chi connectivity index (χ1n) is 9.70. The molecule has 0 spiro atoms. The topological polar surface area (TPSA) is 127 Å². The first-order valence-corrected chi connectivity index (χ1v) is 10.1. The molecule has 2 aliphatic heterocycles. The summed E-state index contributed by atoms with van der Waals surface area (Å²) < 4.78 is 6.22. The average Bonchev–Trinajstić information content (AvgIpc) is 3.02. The number of hydrogen-bond donors (Lipinski definition) is 2. The number of carbonyl (C=O) groups is 3. The molecule has 10 nitrogen and oxygen atoms in total. The van der Waals surface area contributed by atoms with E-state index < -0.39 is 17.4 Å². The molecule has 4 rings (SSSR count). The summed E-state index contributed by atoms with van der Waals surface area (Å²) in [5.41, 5.74) is 6.47. The highest BCUT2D eigenvalue weighted by Crippen LogP contribution is 2.35. The van der Waals surface area contributed by atoms with Crippen molar-refractivity contribution in [3.63, 3.8) is 0 Å². The lowest BCUT2D eigenvalue weighted by molar-refractivity contribution is 0.0879. The molecule has 1 saturated heterocycles. The first-order chi connectivity index (χ1) is 14.8. The molecule has 11 heteroatoms. The van der Waals surface area contributed by atoms with Crippen LogP contribution in [0.2, 0.25) is 5.02 Å². The zero-order valence-electron chi connectivity index (χ0n) is 16.7. The van der Waals surface area contributed by atoms with Crippen LogP contribution in [0.3, 0.4) is 0 Å². The Labute approximate surface area is 182 Å². The minimum atomic E-state index is -0.655. The van der Waals surface area contributed by atoms with Crippen molar-refractivity contribution in [2.75, 3.05) is 43.4 Å². The van der Waals surface area contributed by atoms with E-state index in [1.807, 2.05) is 4.90 Å². The van der Waals surface area contributed by atoms with Gasteiger partial charge in [0.05, 0.1) is 34.1 Å². The van der Waals surface area contributed by atoms with Gasteiger partial charge >= 0.3 is 6.09 Å². The van der Waals surface area contributed by atoms with Crippen molar-refractivity contribution in [1.29, 1.82) is 0 Å². The van der Waals surface area contributed by atoms with Gasteiger partial charge < -0.3 is 20.3 Å². The van der Waals surface area contributed by atoms with Crippen LogP contribution in [0.4, 0.5) is 16.3 Å². The molecule has 1 aromatic heterocycles. The lowest BCUT2D eigenvalue weighted by Gasteiger charge is -2.37. The normalized spacial score (nSPS) is 15.7. The van der Waals surface area contributed by atoms with Gasteiger partial charge in [-0.05, 0) is 19.1 Å². The summed E-state index contributed by atoms with van der Waals surface area (Å²) in [7, 11) is 0. The molecule has 162 valence electrons. The van der Waals surface area contributed by atoms with E-state index in [1.54, 1.807) is 30.0 Å². The van der Waals surface area contributed by atoms with E-state index >= 15 is 0 Å². The standard InChI is InChI=1S/C20H20ClN5O5/c1-2-31-20(30)25-8-6-24(7-9-25)16-12(21)4-3-5-13(16)26-14(27)10-11-15(17(26)22)19(29)23-18(11)28/h3-5,10H,2,6-9,22H2,1H3,(H,23,28,29). The van der Waals surface area contributed by atoms with Gasteiger partial charge in [0.15, 0.2) is 0 Å². The SMILES string of the molecule is CCOC(=O)N1CCN(c2c(Cl)cccc2-n2c(N)c3c(cc2=O)C(=O)NC3=O)CC1. The molecule has 3 amide bonds. The molecular formula is C20H20ClN5O5. The van der Waals surface area contributed by atoms with Crippen molar-refractivity contribution < 1.29 is 19.1 Å². The summed E-state index contributed by atoms with van der Waals surface area (Å²) in [5.74, 6) is -1.45. The number of carbonyl (C=O) groups excluding carboxylic acids is 3. The molecule has 0 unspecified atom stereocenters. The second-order valence-electron chi connectivity index (χ2n) is 7.06. The number of fused-ring (bicyclic) bond motifs is 1. The number of amides is 3. The van der Waals surface area contributed by atoms with Crippen molar-refractivity contribution in [2.24, 2.45) is 0 Å². The van der Waals surface area contributed by atoms with Gasteiger partial charge in [0, 0.05) is 32.2 Å². The number of aromatic nitrogens is 1. The molecule has 0 bridgehead atoms. The molecule has 2 aromatic rings. The maximum absolute atomic E-state index is 12.9. The molecule has 3 N–H and O–H groups in total. The Balaban J connectivity index is 1.75. The summed E-state index contributed by atoms with van der Waals surface area (Å²) in [6.07, 6.45) is -0.378. The van der Waals surface area contributed by atoms with Crippen LogP contribution in [0.5, 0.6) is 0 Å². The van der Waals surface area contributed by atoms with Crippen LogP contribution < -0.4 is 21.5 Å². The van der Waals surface area contributed by atoms with Gasteiger partial charge in [-0.25, -0.2) is 4.79 Å². The van der Waals surface area contributed by atoms with E-state index in [4.69, 9.17) is 22.1 Å². The molecule has 0 aliphatic carbocycles. The van der Waals surface area contributed by atoms with Gasteiger partial charge in [-0.3, -0.25) is 24.3 Å². The van der Waals surface area contributed by atoms with Gasteiger partial charge in [0.25, 0.3) is 17.4 Å². The fraction of sp³-hybridized carbons (Fsp3) is 0.300. The quantitative estimate of drug-likeness (QED) is 0.680. The third-order valence-corrected chi connectivity index (χ3v) is 5.59. The number of nitrogens with zero attached hydrogens (tertiary/aromatic N) is 3. The molecule has 0 atom stereocenters. The highest BCUT2D eigenvalue weighted by Gasteiger charge is 2.33. The number of nitrogens with one attached hydrogen (secondary N) is 1. The van der Waals surface area contributed by atoms with Crippen LogP contribution in [0.15, 0.2) is 29.1 Å². The minimum Gasteiger partial charge on any atom is -0.450 e. The fourth-order valence-electron chi connectivity index (χ4n) is 3.85. The number of hydrogen-bond acceptors (Lipinski definition) is 7. The summed E-state index contributed by atoms with van der Waals surface area (Å²) >= 11 is 6.50. The number of nitrogen functional groups attached to an aromatic ring is 1. The largest absolute Gasteiger partial charge is 0.450 e. The van der Waals surface area contributed by atoms with E-state index in [-0.39, 0.29) is 23.0 Å². The smallest absolute Gasteiger partial charge is 0.409 e. The van der Waals surface area contributed by atoms with Gasteiger partial charge in [-0.15, -0.1) is 0 Å². The first kappa shape index (κ1) is 20.7. The van der Waals surface area contributed by atoms with Crippen LogP contribution in [0.1, 0.15) is 27.6 Å². The lowest BCUT2D eigenvalue weighted by atomic mass is 10.1. The number of halogens is 1. The van der Waals surface area contributed by atoms with Crippen LogP contribution in [0, 0.1) is 0 Å². The van der Waals surface area contributed by atoms with Gasteiger partial charge in [-0.2, -0.15) is 0 Å². The molecule has 1 aromatic carbocycles. The summed E-state index contributed by atoms with van der Waals surface area (Å²) in [5, 5.41) is 2.53. The number of imide groups is 1. The Morgan fingerprint density at radius 2 is 1.87 bits per heavy atom. The second-order valence-corrected chi connectivity index (χ2v) is 7.46. The van der Waals surface area contributed by atoms with Gasteiger partial charge in [-0.1, -0.05) is 17.7 Å². The average molecular weight is 446 g/mol. The Morgan fingerprint density at radius 3 is 2.55 bits per heavy atom. The predicted molar refractivity (Wildman–Crippen MR) is 114 cm³/mol. The Bertz CT molecular complexity index is 1150. The van der Waals surface area contributed by atoms with Crippen molar-refractivity contribution in [1.82, 2.24) is 14.8 Å². The van der Waals surface area contributed by atoms with Crippen molar-refractivity contribution in [2.45, 2.75) is 6.92 Å². The fourth-order valence-corrected chi connectivity index (χ4v) is 4.14. The molecule has 0 saturated carbocycles. The Morgan fingerprint density at radius 1 is 1.16 bits per heavy atom. The zero-order chi connectivity index (χ0) is 22.3. The van der Waals surface area contributed by atoms with E-state index in [1.165, 1.54) is 4.57 Å². The van der Waals surface area contributed by atoms with Crippen molar-refractivity contribution >= 4 is 41.0 Å². The van der Waals surface area contributed by atoms with E-state index in [0.717, 1.165) is 6.07 Å². The number of pyridine rings is 1. The maximum Gasteiger partial charge on any atom is 0.409 e. The number of piperazine rings is 1. The third-order valence-electron chi connectivity index (χ3n) is 5.28. The molecule has 2 aliphatic rings. The van der Waals surface area contributed by atoms with Crippen molar-refractivity contribution in [3.8, 4) is 5.69 Å². The highest BCUT2D eigenvalue weighted by molar-refractivity contribution is 6.33. The van der Waals surface area contributed by atoms with Crippen LogP contribution in [-0.4, -0.2) is 60.2 Å². The van der Waals surface area contributed by atoms with E-state index in [2.05, 4.69) is 5.32 Å². The highest BCUT2D eigenvalue weighted by atomic mass is 35.5. The van der Waals surface area contributed by atoms with Gasteiger partial charge in [0.2, 0.25) is 0 Å². The maximum atomic E-state index is 12.9. The lowest BCUT2D eigenvalue weighted by Crippen LogP contribution is -2.49. The molecule has 31 heavy (non-hydrogen) atoms. The number of para-hydroxylation sites is 1. The monoisotopic (exact) mass is 445 g/mol. The van der Waals surface area contributed by atoms with Crippen LogP contribution >= 0.6 is 11.6 Å². The summed E-state index contributed by atoms with van der Waals surface area (Å²) in [4.78, 5) is 52.5. The van der Waals surface area contributed by atoms with Crippen molar-refractivity contribution in [3.05, 3.63) is 50.8 Å². The molecule has 3 heterocycles. The number of rotatable bonds is 3. The number of nitrogens with two attached hydrogens (primary N) is 1. The van der Waals surface area contributed by atoms with Gasteiger partial charge in [0.1, 0.15) is 5.82 Å². The summed E-state index contributed by atoms with van der Waals surface area (Å²) in [6.45, 7) is 3.77. The predicted octanol–water partition coefficient (Wildman–Crippen LogP) is 1.24. The number of anilines is 2. The zero-order valence-corrected chi connectivity index (χ0v) is 17.4. The minimum absolute atomic E-state index is 0.0392. The third kappa shape index (κ3) is 3.48. The van der Waals surface area contributed by atoms with Crippen LogP contribution in [-0.2, 0) is 4.74 Å². The molecule has 0 radical (unpaired) electrons. The summed E-state index contributed by atoms with van der Waals surface area (Å²) in [6, 6.07) is 6.11. The Hall–Kier alpha value is -3.53. The Kier molecular flexibility index (Phi) is 5.32. The number of ether oxygens (including phenoxy) is 1. The number of benzene rings is 1. The second kappa shape index (κ2) is 7.95. The molecule has 1 fully saturated rings. The molecular weight excluding hydrogens is 426 g/mol. The van der Waals surface area contributed by atoms with E-state index in [0.29, 0.717) is 49.2 Å². The van der Waals surface area contributed by atoms with Crippen LogP contribution in [0.25, 0.3) is 5.69 Å². The van der Waals surface area contributed by atoms with E-state index in [9.17, 15) is 19.2 Å².